The molecule has 0 aliphatic heterocycles. The number of benzene rings is 4. The summed E-state index contributed by atoms with van der Waals surface area (Å²) in [6.07, 6.45) is 10.0. The molecule has 5 aromatic rings. The van der Waals surface area contributed by atoms with Crippen LogP contribution in [0.1, 0.15) is 6.42 Å². The van der Waals surface area contributed by atoms with Gasteiger partial charge in [0.25, 0.3) is 0 Å². The summed E-state index contributed by atoms with van der Waals surface area (Å²) in [7, 11) is 1.25. The predicted octanol–water partition coefficient (Wildman–Crippen LogP) is 10.8. The Labute approximate surface area is 253 Å². The minimum Gasteiger partial charge on any atom is -0.273 e. The summed E-state index contributed by atoms with van der Waals surface area (Å²) in [5.74, 6) is 0. The first-order valence-electron chi connectivity index (χ1n) is 11.6. The van der Waals surface area contributed by atoms with Gasteiger partial charge in [-0.1, -0.05) is 148 Å². The third-order valence-electron chi connectivity index (χ3n) is 5.75. The van der Waals surface area contributed by atoms with Crippen molar-refractivity contribution in [2.24, 2.45) is 0 Å². The Kier molecular flexibility index (Phi) is 13.1. The van der Waals surface area contributed by atoms with E-state index in [0.29, 0.717) is 0 Å². The van der Waals surface area contributed by atoms with Gasteiger partial charge in [0.15, 0.2) is 0 Å². The second-order valence-corrected chi connectivity index (χ2v) is 9.14. The van der Waals surface area contributed by atoms with Gasteiger partial charge in [-0.2, -0.15) is 6.08 Å². The van der Waals surface area contributed by atoms with Gasteiger partial charge in [-0.05, 0) is 5.56 Å². The molecule has 0 radical (unpaired) electrons. The summed E-state index contributed by atoms with van der Waals surface area (Å²) in [4.78, 5) is 0. The van der Waals surface area contributed by atoms with Crippen LogP contribution in [0.3, 0.4) is 0 Å². The molecular formula is C33H27Cl2PZr. The van der Waals surface area contributed by atoms with Crippen LogP contribution in [0, 0.1) is 6.08 Å². The van der Waals surface area contributed by atoms with E-state index in [-0.39, 0.29) is 51.0 Å². The van der Waals surface area contributed by atoms with Gasteiger partial charge in [-0.3, -0.25) is 6.08 Å². The zero-order valence-corrected chi connectivity index (χ0v) is 25.2. The van der Waals surface area contributed by atoms with Crippen LogP contribution in [0.4, 0.5) is 0 Å². The average Bonchev–Trinajstić information content (AvgIpc) is 3.63. The van der Waals surface area contributed by atoms with Crippen molar-refractivity contribution in [2.45, 2.75) is 6.42 Å². The van der Waals surface area contributed by atoms with Crippen LogP contribution in [0.25, 0.3) is 44.0 Å². The van der Waals surface area contributed by atoms with E-state index in [1.54, 1.807) is 0 Å². The Morgan fingerprint density at radius 1 is 0.595 bits per heavy atom. The van der Waals surface area contributed by atoms with Crippen molar-refractivity contribution in [1.82, 2.24) is 0 Å². The SMILES string of the molecule is Cl.Cl.[C-]1=CC=CC1.[Zr+2].c1ccc(-c2p[c-](-c3ccccc3)c(-c3ccccc3)c2-c2ccccc2)cc1. The number of hydrogen-bond donors (Lipinski definition) is 0. The van der Waals surface area contributed by atoms with E-state index in [1.165, 1.54) is 52.2 Å². The molecule has 6 rings (SSSR count). The summed E-state index contributed by atoms with van der Waals surface area (Å²) in [5.41, 5.74) is 7.78. The van der Waals surface area contributed by atoms with Gasteiger partial charge < -0.3 is 0 Å². The van der Waals surface area contributed by atoms with E-state index in [2.05, 4.69) is 133 Å². The molecule has 1 aliphatic carbocycles. The molecule has 0 unspecified atom stereocenters. The Balaban J connectivity index is 0.000000542. The minimum atomic E-state index is 0. The molecule has 1 heterocycles. The second-order valence-electron chi connectivity index (χ2n) is 8.03. The quantitative estimate of drug-likeness (QED) is 0.176. The maximum absolute atomic E-state index is 2.99. The normalized spacial score (nSPS) is 11.0. The molecule has 0 saturated carbocycles. The van der Waals surface area contributed by atoms with Crippen molar-refractivity contribution in [1.29, 1.82) is 0 Å². The fourth-order valence-electron chi connectivity index (χ4n) is 4.18. The predicted molar refractivity (Wildman–Crippen MR) is 162 cm³/mol. The van der Waals surface area contributed by atoms with E-state index in [4.69, 9.17) is 0 Å². The molecule has 0 amide bonds. The van der Waals surface area contributed by atoms with E-state index >= 15 is 0 Å². The summed E-state index contributed by atoms with van der Waals surface area (Å²) in [6, 6.07) is 43.2. The third-order valence-corrected chi connectivity index (χ3v) is 7.16. The number of hydrogen-bond acceptors (Lipinski definition) is 0. The summed E-state index contributed by atoms with van der Waals surface area (Å²) in [5, 5.41) is 2.74. The molecule has 0 bridgehead atoms. The summed E-state index contributed by atoms with van der Waals surface area (Å²) < 4.78 is 0. The van der Waals surface area contributed by atoms with Crippen LogP contribution in [0.15, 0.2) is 140 Å². The van der Waals surface area contributed by atoms with Crippen molar-refractivity contribution in [2.75, 3.05) is 0 Å². The average molecular weight is 617 g/mol. The molecule has 37 heavy (non-hydrogen) atoms. The first kappa shape index (κ1) is 30.8. The Bertz CT molecular complexity index is 1290. The van der Waals surface area contributed by atoms with E-state index < -0.39 is 0 Å². The molecule has 1 aliphatic rings. The van der Waals surface area contributed by atoms with Crippen molar-refractivity contribution < 1.29 is 26.2 Å². The van der Waals surface area contributed by atoms with Gasteiger partial charge >= 0.3 is 26.2 Å². The van der Waals surface area contributed by atoms with Crippen LogP contribution in [0.5, 0.6) is 0 Å². The monoisotopic (exact) mass is 614 g/mol. The number of rotatable bonds is 4. The first-order chi connectivity index (χ1) is 16.9. The molecule has 0 nitrogen and oxygen atoms in total. The number of halogens is 2. The van der Waals surface area contributed by atoms with Crippen molar-refractivity contribution in [3.05, 3.63) is 146 Å². The Hall–Kier alpha value is -2.40. The maximum Gasteiger partial charge on any atom is 2.00 e. The maximum atomic E-state index is 2.99. The van der Waals surface area contributed by atoms with E-state index in [9.17, 15) is 0 Å². The van der Waals surface area contributed by atoms with Crippen LogP contribution in [-0.4, -0.2) is 0 Å². The van der Waals surface area contributed by atoms with Gasteiger partial charge in [0, 0.05) is 0 Å². The van der Waals surface area contributed by atoms with Gasteiger partial charge in [0.1, 0.15) is 0 Å². The first-order valence-corrected chi connectivity index (χ1v) is 12.5. The van der Waals surface area contributed by atoms with Crippen LogP contribution < -0.4 is 0 Å². The molecular weight excluding hydrogens is 589 g/mol. The zero-order chi connectivity index (χ0) is 23.0. The van der Waals surface area contributed by atoms with Crippen LogP contribution in [0.2, 0.25) is 0 Å². The molecule has 4 aromatic carbocycles. The van der Waals surface area contributed by atoms with Crippen molar-refractivity contribution in [3.8, 4) is 44.0 Å². The minimum absolute atomic E-state index is 0. The largest absolute Gasteiger partial charge is 2.00 e. The second kappa shape index (κ2) is 15.8. The van der Waals surface area contributed by atoms with Crippen molar-refractivity contribution >= 4 is 33.0 Å². The Morgan fingerprint density at radius 2 is 1.08 bits per heavy atom. The standard InChI is InChI=1S/C28H20P.C5H5.2ClH.Zr/c1-5-13-21(14-6-1)25-26(22-15-7-2-8-16-22)28(24-19-11-4-12-20-24)29-27(25)23-17-9-3-10-18-23;1-2-4-5-3-1;;;/h1-20H;1-3H,4H2;2*1H;/q2*-1;;;+2. The Morgan fingerprint density at radius 3 is 1.54 bits per heavy atom. The zero-order valence-electron chi connectivity index (χ0n) is 20.2. The fourth-order valence-corrected chi connectivity index (χ4v) is 5.67. The fraction of sp³-hybridized carbons (Fsp3) is 0.0303. The van der Waals surface area contributed by atoms with E-state index in [0.717, 1.165) is 6.42 Å². The number of allylic oxidation sites excluding steroid dienone is 4. The third kappa shape index (κ3) is 7.57. The molecule has 0 fully saturated rings. The molecule has 0 spiro atoms. The molecule has 0 atom stereocenters. The van der Waals surface area contributed by atoms with Crippen LogP contribution >= 0.6 is 33.0 Å². The van der Waals surface area contributed by atoms with Gasteiger partial charge in [0.05, 0.1) is 0 Å². The topological polar surface area (TPSA) is 0 Å². The van der Waals surface area contributed by atoms with E-state index in [1.807, 2.05) is 12.2 Å². The van der Waals surface area contributed by atoms with Gasteiger partial charge in [-0.15, -0.1) is 51.6 Å². The summed E-state index contributed by atoms with van der Waals surface area (Å²) in [6.45, 7) is 0. The van der Waals surface area contributed by atoms with Crippen LogP contribution in [-0.2, 0) is 26.2 Å². The molecule has 1 aromatic heterocycles. The summed E-state index contributed by atoms with van der Waals surface area (Å²) >= 11 is 0. The molecule has 0 N–H and O–H groups in total. The molecule has 182 valence electrons. The molecule has 4 heteroatoms. The smallest absolute Gasteiger partial charge is 0.273 e. The molecule has 0 saturated heterocycles. The van der Waals surface area contributed by atoms with Crippen molar-refractivity contribution in [3.63, 3.8) is 0 Å². The van der Waals surface area contributed by atoms with Gasteiger partial charge in [-0.25, -0.2) is 12.2 Å². The van der Waals surface area contributed by atoms with Gasteiger partial charge in [0.2, 0.25) is 0 Å².